The number of hydrogen-bond acceptors (Lipinski definition) is 5. The summed E-state index contributed by atoms with van der Waals surface area (Å²) in [4.78, 5) is 21.5. The van der Waals surface area contributed by atoms with E-state index in [0.717, 1.165) is 0 Å². The monoisotopic (exact) mass is 253 g/mol. The van der Waals surface area contributed by atoms with Gasteiger partial charge < -0.3 is 9.47 Å². The highest BCUT2D eigenvalue weighted by molar-refractivity contribution is 5.98. The van der Waals surface area contributed by atoms with Gasteiger partial charge in [-0.05, 0) is 26.0 Å². The van der Waals surface area contributed by atoms with Crippen molar-refractivity contribution < 1.29 is 19.2 Å². The Morgan fingerprint density at radius 2 is 2.11 bits per heavy atom. The predicted octanol–water partition coefficient (Wildman–Crippen LogP) is 2.21. The Labute approximate surface area is 105 Å². The molecule has 0 aliphatic heterocycles. The smallest absolute Gasteiger partial charge is 0.283 e. The number of ether oxygens (including phenoxy) is 2. The molecule has 0 aliphatic carbocycles. The topological polar surface area (TPSA) is 78.7 Å². The molecule has 0 radical (unpaired) electrons. The van der Waals surface area contributed by atoms with E-state index in [0.29, 0.717) is 25.6 Å². The van der Waals surface area contributed by atoms with Gasteiger partial charge in [0.1, 0.15) is 12.4 Å². The summed E-state index contributed by atoms with van der Waals surface area (Å²) < 4.78 is 10.4. The highest BCUT2D eigenvalue weighted by Gasteiger charge is 2.18. The normalized spacial score (nSPS) is 10.1. The Morgan fingerprint density at radius 3 is 2.67 bits per heavy atom. The summed E-state index contributed by atoms with van der Waals surface area (Å²) in [5.74, 6) is 0.00830. The first-order valence-electron chi connectivity index (χ1n) is 5.56. The molecule has 0 aliphatic rings. The summed E-state index contributed by atoms with van der Waals surface area (Å²) in [5, 5.41) is 10.8. The van der Waals surface area contributed by atoms with Crippen molar-refractivity contribution in [3.05, 3.63) is 33.9 Å². The maximum absolute atomic E-state index is 11.2. The van der Waals surface area contributed by atoms with Crippen LogP contribution in [0.3, 0.4) is 0 Å². The van der Waals surface area contributed by atoms with E-state index in [1.165, 1.54) is 25.1 Å². The molecule has 18 heavy (non-hydrogen) atoms. The van der Waals surface area contributed by atoms with Crippen LogP contribution in [-0.2, 0) is 4.74 Å². The van der Waals surface area contributed by atoms with E-state index >= 15 is 0 Å². The maximum atomic E-state index is 11.2. The summed E-state index contributed by atoms with van der Waals surface area (Å²) in [6.45, 7) is 4.47. The van der Waals surface area contributed by atoms with E-state index in [1.54, 1.807) is 0 Å². The Morgan fingerprint density at radius 1 is 1.39 bits per heavy atom. The van der Waals surface area contributed by atoms with Gasteiger partial charge in [0.05, 0.1) is 23.2 Å². The first kappa shape index (κ1) is 14.1. The molecular weight excluding hydrogens is 238 g/mol. The molecule has 0 amide bonds. The van der Waals surface area contributed by atoms with Crippen molar-refractivity contribution in [1.82, 2.24) is 0 Å². The van der Waals surface area contributed by atoms with Gasteiger partial charge in [0, 0.05) is 6.61 Å². The number of nitro groups is 1. The molecular formula is C12H15NO5. The number of nitrogens with zero attached hydrogens (tertiary/aromatic N) is 1. The number of carbonyl (C=O) groups is 1. The maximum Gasteiger partial charge on any atom is 0.283 e. The highest BCUT2D eigenvalue weighted by Crippen LogP contribution is 2.25. The molecule has 0 spiro atoms. The van der Waals surface area contributed by atoms with E-state index in [9.17, 15) is 14.9 Å². The molecule has 1 aromatic carbocycles. The fourth-order valence-electron chi connectivity index (χ4n) is 1.41. The molecule has 0 saturated heterocycles. The van der Waals surface area contributed by atoms with Gasteiger partial charge in [0.2, 0.25) is 0 Å². The second-order valence-electron chi connectivity index (χ2n) is 3.54. The standard InChI is InChI=1S/C12H15NO5/c1-3-17-6-7-18-10-4-5-11(9(2)14)12(8-10)13(15)16/h4-5,8H,3,6-7H2,1-2H3. The molecule has 6 nitrogen and oxygen atoms in total. The van der Waals surface area contributed by atoms with E-state index in [1.807, 2.05) is 6.92 Å². The average molecular weight is 253 g/mol. The number of carbonyl (C=O) groups excluding carboxylic acids is 1. The fraction of sp³-hybridized carbons (Fsp3) is 0.417. The van der Waals surface area contributed by atoms with Crippen molar-refractivity contribution in [2.24, 2.45) is 0 Å². The van der Waals surface area contributed by atoms with Crippen molar-refractivity contribution in [3.63, 3.8) is 0 Å². The van der Waals surface area contributed by atoms with Crippen LogP contribution in [0.25, 0.3) is 0 Å². The molecule has 0 bridgehead atoms. The minimum Gasteiger partial charge on any atom is -0.491 e. The number of Topliss-reactive ketones (excluding diaryl/α,β-unsaturated/α-hetero) is 1. The van der Waals surface area contributed by atoms with Gasteiger partial charge in [-0.3, -0.25) is 14.9 Å². The third-order valence-electron chi connectivity index (χ3n) is 2.25. The Bertz CT molecular complexity index is 444. The van der Waals surface area contributed by atoms with Gasteiger partial charge in [-0.25, -0.2) is 0 Å². The van der Waals surface area contributed by atoms with E-state index < -0.39 is 4.92 Å². The summed E-state index contributed by atoms with van der Waals surface area (Å²) in [5.41, 5.74) is -0.159. The van der Waals surface area contributed by atoms with Gasteiger partial charge in [-0.2, -0.15) is 0 Å². The molecule has 0 heterocycles. The third kappa shape index (κ3) is 3.81. The van der Waals surface area contributed by atoms with Gasteiger partial charge in [0.25, 0.3) is 5.69 Å². The second-order valence-corrected chi connectivity index (χ2v) is 3.54. The molecule has 98 valence electrons. The third-order valence-corrected chi connectivity index (χ3v) is 2.25. The molecule has 1 aromatic rings. The lowest BCUT2D eigenvalue weighted by Crippen LogP contribution is -2.07. The van der Waals surface area contributed by atoms with Gasteiger partial charge in [-0.1, -0.05) is 0 Å². The quantitative estimate of drug-likeness (QED) is 0.322. The highest BCUT2D eigenvalue weighted by atomic mass is 16.6. The van der Waals surface area contributed by atoms with Crippen molar-refractivity contribution in [3.8, 4) is 5.75 Å². The van der Waals surface area contributed by atoms with Crippen molar-refractivity contribution in [1.29, 1.82) is 0 Å². The van der Waals surface area contributed by atoms with Gasteiger partial charge >= 0.3 is 0 Å². The molecule has 0 N–H and O–H groups in total. The van der Waals surface area contributed by atoms with Crippen LogP contribution in [0.15, 0.2) is 18.2 Å². The van der Waals surface area contributed by atoms with Crippen LogP contribution in [0.4, 0.5) is 5.69 Å². The molecule has 0 atom stereocenters. The zero-order valence-electron chi connectivity index (χ0n) is 10.3. The Kier molecular flexibility index (Phi) is 5.26. The number of hydrogen-bond donors (Lipinski definition) is 0. The average Bonchev–Trinajstić information content (AvgIpc) is 2.34. The number of nitro benzene ring substituents is 1. The van der Waals surface area contributed by atoms with Gasteiger partial charge in [-0.15, -0.1) is 0 Å². The zero-order valence-corrected chi connectivity index (χ0v) is 10.3. The van der Waals surface area contributed by atoms with Crippen LogP contribution in [0, 0.1) is 10.1 Å². The van der Waals surface area contributed by atoms with Crippen LogP contribution in [0.5, 0.6) is 5.75 Å². The first-order chi connectivity index (χ1) is 8.56. The summed E-state index contributed by atoms with van der Waals surface area (Å²) >= 11 is 0. The van der Waals surface area contributed by atoms with Crippen LogP contribution < -0.4 is 4.74 Å². The minimum atomic E-state index is -0.591. The van der Waals surface area contributed by atoms with E-state index in [-0.39, 0.29) is 17.0 Å². The summed E-state index contributed by atoms with van der Waals surface area (Å²) in [6.07, 6.45) is 0. The zero-order chi connectivity index (χ0) is 13.5. The van der Waals surface area contributed by atoms with Crippen molar-refractivity contribution >= 4 is 11.5 Å². The molecule has 0 aromatic heterocycles. The van der Waals surface area contributed by atoms with E-state index in [4.69, 9.17) is 9.47 Å². The van der Waals surface area contributed by atoms with E-state index in [2.05, 4.69) is 0 Å². The summed E-state index contributed by atoms with van der Waals surface area (Å²) in [6, 6.07) is 4.19. The molecule has 0 saturated carbocycles. The second kappa shape index (κ2) is 6.70. The van der Waals surface area contributed by atoms with Crippen LogP contribution in [0.2, 0.25) is 0 Å². The molecule has 6 heteroatoms. The molecule has 1 rings (SSSR count). The SMILES string of the molecule is CCOCCOc1ccc(C(C)=O)c([N+](=O)[O-])c1. The molecule has 0 unspecified atom stereocenters. The predicted molar refractivity (Wildman–Crippen MR) is 65.1 cm³/mol. The first-order valence-corrected chi connectivity index (χ1v) is 5.56. The fourth-order valence-corrected chi connectivity index (χ4v) is 1.41. The number of benzene rings is 1. The van der Waals surface area contributed by atoms with Crippen LogP contribution in [0.1, 0.15) is 24.2 Å². The van der Waals surface area contributed by atoms with Crippen LogP contribution in [-0.4, -0.2) is 30.5 Å². The minimum absolute atomic E-state index is 0.0807. The van der Waals surface area contributed by atoms with Crippen molar-refractivity contribution in [2.45, 2.75) is 13.8 Å². The number of ketones is 1. The lowest BCUT2D eigenvalue weighted by Gasteiger charge is -2.07. The molecule has 0 fully saturated rings. The van der Waals surface area contributed by atoms with Gasteiger partial charge in [0.15, 0.2) is 5.78 Å². The Balaban J connectivity index is 2.80. The van der Waals surface area contributed by atoms with Crippen molar-refractivity contribution in [2.75, 3.05) is 19.8 Å². The lowest BCUT2D eigenvalue weighted by atomic mass is 10.1. The lowest BCUT2D eigenvalue weighted by molar-refractivity contribution is -0.385. The van der Waals surface area contributed by atoms with Crippen LogP contribution >= 0.6 is 0 Å². The Hall–Kier alpha value is -1.95. The largest absolute Gasteiger partial charge is 0.491 e. The summed E-state index contributed by atoms with van der Waals surface area (Å²) in [7, 11) is 0. The number of rotatable bonds is 7.